The lowest BCUT2D eigenvalue weighted by Crippen LogP contribution is -2.48. The molecular formula is C18H26N2O3. The highest BCUT2D eigenvalue weighted by atomic mass is 16.3. The van der Waals surface area contributed by atoms with E-state index >= 15 is 0 Å². The normalized spacial score (nSPS) is 26.0. The molecule has 2 aliphatic rings. The monoisotopic (exact) mass is 318 g/mol. The maximum atomic E-state index is 12.4. The van der Waals surface area contributed by atoms with Crippen LogP contribution in [0.1, 0.15) is 50.0 Å². The third-order valence-corrected chi connectivity index (χ3v) is 5.15. The summed E-state index contributed by atoms with van der Waals surface area (Å²) >= 11 is 0. The van der Waals surface area contributed by atoms with Crippen LogP contribution in [-0.4, -0.2) is 46.4 Å². The Bertz CT molecular complexity index is 533. The van der Waals surface area contributed by atoms with Gasteiger partial charge in [0.05, 0.1) is 6.10 Å². The predicted octanol–water partition coefficient (Wildman–Crippen LogP) is 2.58. The van der Waals surface area contributed by atoms with Gasteiger partial charge >= 0.3 is 6.03 Å². The van der Waals surface area contributed by atoms with Crippen LogP contribution in [-0.2, 0) is 0 Å². The van der Waals surface area contributed by atoms with E-state index in [1.807, 2.05) is 23.1 Å². The molecule has 2 fully saturated rings. The van der Waals surface area contributed by atoms with E-state index in [0.717, 1.165) is 57.2 Å². The lowest BCUT2D eigenvalue weighted by Gasteiger charge is -2.34. The largest absolute Gasteiger partial charge is 0.508 e. The number of rotatable bonds is 2. The summed E-state index contributed by atoms with van der Waals surface area (Å²) in [5.74, 6) is 0.720. The fraction of sp³-hybridized carbons (Fsp3) is 0.611. The number of nitrogens with one attached hydrogen (secondary N) is 1. The van der Waals surface area contributed by atoms with Crippen molar-refractivity contribution in [2.75, 3.05) is 13.1 Å². The highest BCUT2D eigenvalue weighted by Crippen LogP contribution is 2.30. The number of benzene rings is 1. The predicted molar refractivity (Wildman–Crippen MR) is 88.4 cm³/mol. The number of aliphatic hydroxyl groups is 1. The minimum absolute atomic E-state index is 0.0285. The number of piperidine rings is 1. The maximum Gasteiger partial charge on any atom is 0.317 e. The zero-order valence-electron chi connectivity index (χ0n) is 13.4. The molecule has 0 spiro atoms. The Morgan fingerprint density at radius 3 is 2.43 bits per heavy atom. The molecule has 3 N–H and O–H groups in total. The second-order valence-electron chi connectivity index (χ2n) is 6.81. The van der Waals surface area contributed by atoms with Crippen molar-refractivity contribution in [3.8, 4) is 5.75 Å². The van der Waals surface area contributed by atoms with Gasteiger partial charge in [-0.15, -0.1) is 0 Å². The number of likely N-dealkylation sites (tertiary alicyclic amines) is 1. The number of carbonyl (C=O) groups excluding carboxylic acids is 1. The molecule has 0 aromatic heterocycles. The average Bonchev–Trinajstić information content (AvgIpc) is 2.57. The Labute approximate surface area is 137 Å². The Hall–Kier alpha value is -1.75. The zero-order valence-corrected chi connectivity index (χ0v) is 13.4. The fourth-order valence-electron chi connectivity index (χ4n) is 3.68. The molecule has 5 heteroatoms. The van der Waals surface area contributed by atoms with E-state index in [-0.39, 0.29) is 18.2 Å². The van der Waals surface area contributed by atoms with Gasteiger partial charge in [0.15, 0.2) is 0 Å². The summed E-state index contributed by atoms with van der Waals surface area (Å²) in [5.41, 5.74) is 1.16. The van der Waals surface area contributed by atoms with Crippen molar-refractivity contribution in [2.24, 2.45) is 0 Å². The molecule has 0 atom stereocenters. The van der Waals surface area contributed by atoms with Gasteiger partial charge in [0.1, 0.15) is 5.75 Å². The molecular weight excluding hydrogens is 292 g/mol. The number of phenols is 1. The number of hydrogen-bond donors (Lipinski definition) is 3. The van der Waals surface area contributed by atoms with Gasteiger partial charge in [0.25, 0.3) is 0 Å². The van der Waals surface area contributed by atoms with Crippen LogP contribution >= 0.6 is 0 Å². The summed E-state index contributed by atoms with van der Waals surface area (Å²) in [5, 5.41) is 22.2. The first-order valence-electron chi connectivity index (χ1n) is 8.64. The Balaban J connectivity index is 1.47. The summed E-state index contributed by atoms with van der Waals surface area (Å²) in [4.78, 5) is 14.3. The number of urea groups is 1. The quantitative estimate of drug-likeness (QED) is 0.785. The Kier molecular flexibility index (Phi) is 5.06. The average molecular weight is 318 g/mol. The summed E-state index contributed by atoms with van der Waals surface area (Å²) in [6, 6.07) is 7.67. The molecule has 0 radical (unpaired) electrons. The van der Waals surface area contributed by atoms with Crippen LogP contribution in [0.2, 0.25) is 0 Å². The first kappa shape index (κ1) is 16.1. The van der Waals surface area contributed by atoms with Crippen LogP contribution in [0.15, 0.2) is 24.3 Å². The van der Waals surface area contributed by atoms with Crippen molar-refractivity contribution < 1.29 is 15.0 Å². The third-order valence-electron chi connectivity index (χ3n) is 5.15. The first-order valence-corrected chi connectivity index (χ1v) is 8.64. The smallest absolute Gasteiger partial charge is 0.317 e. The van der Waals surface area contributed by atoms with E-state index in [1.165, 1.54) is 0 Å². The van der Waals surface area contributed by atoms with Crippen LogP contribution in [0.25, 0.3) is 0 Å². The van der Waals surface area contributed by atoms with E-state index < -0.39 is 0 Å². The second-order valence-corrected chi connectivity index (χ2v) is 6.81. The van der Waals surface area contributed by atoms with Gasteiger partial charge < -0.3 is 20.4 Å². The van der Waals surface area contributed by atoms with Crippen LogP contribution in [0.5, 0.6) is 5.75 Å². The van der Waals surface area contributed by atoms with Crippen LogP contribution < -0.4 is 5.32 Å². The molecule has 3 rings (SSSR count). The highest BCUT2D eigenvalue weighted by Gasteiger charge is 2.26. The van der Waals surface area contributed by atoms with Gasteiger partial charge in [0.2, 0.25) is 0 Å². The number of phenolic OH excluding ortho intramolecular Hbond substituents is 1. The van der Waals surface area contributed by atoms with Gasteiger partial charge in [-0.1, -0.05) is 12.1 Å². The maximum absolute atomic E-state index is 12.4. The first-order chi connectivity index (χ1) is 11.1. The topological polar surface area (TPSA) is 72.8 Å². The molecule has 1 aliphatic heterocycles. The molecule has 1 heterocycles. The van der Waals surface area contributed by atoms with Crippen LogP contribution in [0.3, 0.4) is 0 Å². The Morgan fingerprint density at radius 2 is 1.78 bits per heavy atom. The van der Waals surface area contributed by atoms with Gasteiger partial charge in [-0.2, -0.15) is 0 Å². The van der Waals surface area contributed by atoms with Gasteiger partial charge in [-0.25, -0.2) is 4.79 Å². The van der Waals surface area contributed by atoms with Gasteiger partial charge in [-0.05, 0) is 62.1 Å². The van der Waals surface area contributed by atoms with Gasteiger partial charge in [0, 0.05) is 19.1 Å². The zero-order chi connectivity index (χ0) is 16.2. The van der Waals surface area contributed by atoms with Crippen molar-refractivity contribution in [2.45, 2.75) is 56.6 Å². The standard InChI is InChI=1S/C18H26N2O3/c21-16-6-4-15(5-7-16)19-18(23)20-10-8-13(9-11-20)14-2-1-3-17(22)12-14/h1-3,12-13,15-16,21-22H,4-11H2,(H,19,23). The molecule has 1 saturated heterocycles. The lowest BCUT2D eigenvalue weighted by atomic mass is 9.89. The molecule has 23 heavy (non-hydrogen) atoms. The van der Waals surface area contributed by atoms with E-state index in [1.54, 1.807) is 6.07 Å². The summed E-state index contributed by atoms with van der Waals surface area (Å²) in [6.07, 6.45) is 4.97. The molecule has 2 amide bonds. The fourth-order valence-corrected chi connectivity index (χ4v) is 3.68. The number of amides is 2. The van der Waals surface area contributed by atoms with E-state index in [2.05, 4.69) is 5.32 Å². The van der Waals surface area contributed by atoms with Crippen molar-refractivity contribution >= 4 is 6.03 Å². The van der Waals surface area contributed by atoms with Crippen LogP contribution in [0.4, 0.5) is 4.79 Å². The van der Waals surface area contributed by atoms with Crippen molar-refractivity contribution in [3.05, 3.63) is 29.8 Å². The van der Waals surface area contributed by atoms with Crippen molar-refractivity contribution in [3.63, 3.8) is 0 Å². The molecule has 1 aromatic carbocycles. The van der Waals surface area contributed by atoms with E-state index in [9.17, 15) is 15.0 Å². The minimum Gasteiger partial charge on any atom is -0.508 e. The Morgan fingerprint density at radius 1 is 1.09 bits per heavy atom. The minimum atomic E-state index is -0.193. The van der Waals surface area contributed by atoms with Gasteiger partial charge in [-0.3, -0.25) is 0 Å². The van der Waals surface area contributed by atoms with Crippen molar-refractivity contribution in [1.82, 2.24) is 10.2 Å². The lowest BCUT2D eigenvalue weighted by molar-refractivity contribution is 0.114. The van der Waals surface area contributed by atoms with Crippen molar-refractivity contribution in [1.29, 1.82) is 0 Å². The molecule has 5 nitrogen and oxygen atoms in total. The van der Waals surface area contributed by atoms with E-state index in [0.29, 0.717) is 11.7 Å². The second kappa shape index (κ2) is 7.21. The van der Waals surface area contributed by atoms with E-state index in [4.69, 9.17) is 0 Å². The third kappa shape index (κ3) is 4.16. The summed E-state index contributed by atoms with van der Waals surface area (Å²) < 4.78 is 0. The number of carbonyl (C=O) groups is 1. The summed E-state index contributed by atoms with van der Waals surface area (Å²) in [7, 11) is 0. The van der Waals surface area contributed by atoms with Crippen LogP contribution in [0, 0.1) is 0 Å². The molecule has 126 valence electrons. The molecule has 1 aromatic rings. The summed E-state index contributed by atoms with van der Waals surface area (Å²) in [6.45, 7) is 1.50. The molecule has 1 saturated carbocycles. The number of aliphatic hydroxyl groups excluding tert-OH is 1. The number of hydrogen-bond acceptors (Lipinski definition) is 3. The molecule has 0 bridgehead atoms. The highest BCUT2D eigenvalue weighted by molar-refractivity contribution is 5.74. The molecule has 0 unspecified atom stereocenters. The SMILES string of the molecule is O=C(NC1CCC(O)CC1)N1CCC(c2cccc(O)c2)CC1. The number of nitrogens with zero attached hydrogens (tertiary/aromatic N) is 1. The molecule has 1 aliphatic carbocycles. The number of aromatic hydroxyl groups is 1.